The predicted octanol–water partition coefficient (Wildman–Crippen LogP) is 4.40. The van der Waals surface area contributed by atoms with Crippen molar-refractivity contribution >= 4 is 0 Å². The van der Waals surface area contributed by atoms with E-state index < -0.39 is 0 Å². The Hall–Kier alpha value is -1.08. The van der Waals surface area contributed by atoms with Gasteiger partial charge in [0.25, 0.3) is 0 Å². The molecule has 0 bridgehead atoms. The molecule has 3 rings (SSSR count). The molecule has 2 aliphatic rings. The molecule has 0 aliphatic heterocycles. The lowest BCUT2D eigenvalue weighted by Gasteiger charge is -2.31. The molecule has 0 spiro atoms. The van der Waals surface area contributed by atoms with Crippen LogP contribution in [0.15, 0.2) is 35.9 Å². The molecule has 0 saturated carbocycles. The number of hydrogen-bond donors (Lipinski definition) is 1. The Morgan fingerprint density at radius 3 is 2.65 bits per heavy atom. The quantitative estimate of drug-likeness (QED) is 0.791. The van der Waals surface area contributed by atoms with Gasteiger partial charge in [-0.2, -0.15) is 0 Å². The average molecular weight is 269 g/mol. The van der Waals surface area contributed by atoms with E-state index in [0.29, 0.717) is 12.0 Å². The van der Waals surface area contributed by atoms with Crippen LogP contribution in [0.25, 0.3) is 0 Å². The number of aryl methyl sites for hydroxylation is 1. The van der Waals surface area contributed by atoms with Crippen LogP contribution in [0.3, 0.4) is 0 Å². The average Bonchev–Trinajstić information content (AvgIpc) is 2.46. The first-order chi connectivity index (χ1) is 9.84. The first kappa shape index (κ1) is 13.9. The molecular weight excluding hydrogens is 242 g/mol. The zero-order valence-corrected chi connectivity index (χ0v) is 12.5. The van der Waals surface area contributed by atoms with Crippen LogP contribution >= 0.6 is 0 Å². The molecule has 0 fully saturated rings. The third-order valence-corrected chi connectivity index (χ3v) is 5.15. The summed E-state index contributed by atoms with van der Waals surface area (Å²) in [6.45, 7) is 0. The molecule has 0 aromatic heterocycles. The third kappa shape index (κ3) is 3.15. The van der Waals surface area contributed by atoms with Crippen LogP contribution in [-0.2, 0) is 12.8 Å². The van der Waals surface area contributed by atoms with Gasteiger partial charge in [-0.25, -0.2) is 0 Å². The molecule has 0 saturated heterocycles. The zero-order valence-electron chi connectivity index (χ0n) is 12.5. The summed E-state index contributed by atoms with van der Waals surface area (Å²) in [6.07, 6.45) is 14.1. The highest BCUT2D eigenvalue weighted by molar-refractivity contribution is 5.31. The maximum absolute atomic E-state index is 6.63. The van der Waals surface area contributed by atoms with Crippen LogP contribution in [0.4, 0.5) is 0 Å². The Bertz CT molecular complexity index is 474. The van der Waals surface area contributed by atoms with E-state index in [1.165, 1.54) is 63.4 Å². The normalized spacial score (nSPS) is 27.6. The minimum atomic E-state index is 0.293. The summed E-state index contributed by atoms with van der Waals surface area (Å²) in [5, 5.41) is 0. The van der Waals surface area contributed by atoms with Crippen molar-refractivity contribution in [1.29, 1.82) is 0 Å². The van der Waals surface area contributed by atoms with Gasteiger partial charge >= 0.3 is 0 Å². The Morgan fingerprint density at radius 2 is 1.75 bits per heavy atom. The summed E-state index contributed by atoms with van der Waals surface area (Å²) in [7, 11) is 0. The van der Waals surface area contributed by atoms with E-state index >= 15 is 0 Å². The fraction of sp³-hybridized carbons (Fsp3) is 0.579. The first-order valence-corrected chi connectivity index (χ1v) is 8.36. The minimum Gasteiger partial charge on any atom is -0.324 e. The van der Waals surface area contributed by atoms with Gasteiger partial charge in [-0.1, -0.05) is 48.8 Å². The van der Waals surface area contributed by atoms with Gasteiger partial charge < -0.3 is 5.73 Å². The number of fused-ring (bicyclic) bond motifs is 1. The fourth-order valence-electron chi connectivity index (χ4n) is 3.85. The monoisotopic (exact) mass is 269 g/mol. The Labute approximate surface area is 123 Å². The lowest BCUT2D eigenvalue weighted by molar-refractivity contribution is 0.395. The summed E-state index contributed by atoms with van der Waals surface area (Å²) >= 11 is 0. The fourth-order valence-corrected chi connectivity index (χ4v) is 3.85. The van der Waals surface area contributed by atoms with Gasteiger partial charge in [0.05, 0.1) is 0 Å². The van der Waals surface area contributed by atoms with Gasteiger partial charge in [0.2, 0.25) is 0 Å². The van der Waals surface area contributed by atoms with Crippen molar-refractivity contribution in [3.8, 4) is 0 Å². The minimum absolute atomic E-state index is 0.293. The zero-order chi connectivity index (χ0) is 13.8. The highest BCUT2D eigenvalue weighted by Gasteiger charge is 2.25. The second-order valence-corrected chi connectivity index (χ2v) is 6.53. The van der Waals surface area contributed by atoms with Crippen molar-refractivity contribution < 1.29 is 0 Å². The molecule has 2 atom stereocenters. The van der Waals surface area contributed by atoms with Crippen LogP contribution in [0.2, 0.25) is 0 Å². The molecule has 1 nitrogen and oxygen atoms in total. The molecule has 1 aromatic carbocycles. The van der Waals surface area contributed by atoms with E-state index in [4.69, 9.17) is 5.73 Å². The van der Waals surface area contributed by atoms with Crippen LogP contribution in [0.5, 0.6) is 0 Å². The Morgan fingerprint density at radius 1 is 0.950 bits per heavy atom. The molecule has 0 heterocycles. The van der Waals surface area contributed by atoms with Gasteiger partial charge in [0, 0.05) is 6.04 Å². The van der Waals surface area contributed by atoms with Crippen LogP contribution in [-0.4, -0.2) is 6.04 Å². The van der Waals surface area contributed by atoms with E-state index in [9.17, 15) is 0 Å². The standard InChI is InChI=1S/C19H27N/c20-19(16-9-4-2-1-3-5-10-16)18-13-12-15-8-6-7-11-17(15)14-18/h6-9,11,18-19H,1-5,10,12-14,20H2/b16-9+. The van der Waals surface area contributed by atoms with Crippen molar-refractivity contribution in [1.82, 2.24) is 0 Å². The molecule has 1 aromatic rings. The van der Waals surface area contributed by atoms with Crippen molar-refractivity contribution in [2.24, 2.45) is 11.7 Å². The van der Waals surface area contributed by atoms with Gasteiger partial charge in [-0.3, -0.25) is 0 Å². The predicted molar refractivity (Wildman–Crippen MR) is 85.7 cm³/mol. The van der Waals surface area contributed by atoms with Crippen molar-refractivity contribution in [2.75, 3.05) is 0 Å². The maximum atomic E-state index is 6.63. The van der Waals surface area contributed by atoms with Crippen LogP contribution in [0, 0.1) is 5.92 Å². The number of benzene rings is 1. The van der Waals surface area contributed by atoms with E-state index in [1.54, 1.807) is 11.1 Å². The molecule has 20 heavy (non-hydrogen) atoms. The highest BCUT2D eigenvalue weighted by Crippen LogP contribution is 2.31. The van der Waals surface area contributed by atoms with Gasteiger partial charge in [-0.05, 0) is 62.0 Å². The second kappa shape index (κ2) is 6.58. The lowest BCUT2D eigenvalue weighted by Crippen LogP contribution is -2.36. The van der Waals surface area contributed by atoms with Crippen molar-refractivity contribution in [2.45, 2.75) is 63.8 Å². The maximum Gasteiger partial charge on any atom is 0.0285 e. The first-order valence-electron chi connectivity index (χ1n) is 8.36. The summed E-state index contributed by atoms with van der Waals surface area (Å²) in [6, 6.07) is 9.20. The Balaban J connectivity index is 1.70. The molecule has 1 heteroatoms. The number of hydrogen-bond acceptors (Lipinski definition) is 1. The van der Waals surface area contributed by atoms with Crippen molar-refractivity contribution in [3.63, 3.8) is 0 Å². The number of allylic oxidation sites excluding steroid dienone is 1. The molecular formula is C19H27N. The van der Waals surface area contributed by atoms with Gasteiger partial charge in [0.1, 0.15) is 0 Å². The summed E-state index contributed by atoms with van der Waals surface area (Å²) in [5.74, 6) is 0.649. The van der Waals surface area contributed by atoms with Gasteiger partial charge in [0.15, 0.2) is 0 Å². The summed E-state index contributed by atoms with van der Waals surface area (Å²) in [4.78, 5) is 0. The molecule has 2 N–H and O–H groups in total. The molecule has 2 unspecified atom stereocenters. The SMILES string of the molecule is NC(/C1=C/CCCCCC1)C1CCc2ccccc2C1. The molecule has 108 valence electrons. The molecule has 2 aliphatic carbocycles. The van der Waals surface area contributed by atoms with E-state index in [-0.39, 0.29) is 0 Å². The highest BCUT2D eigenvalue weighted by atomic mass is 14.7. The third-order valence-electron chi connectivity index (χ3n) is 5.15. The summed E-state index contributed by atoms with van der Waals surface area (Å²) in [5.41, 5.74) is 11.3. The van der Waals surface area contributed by atoms with Crippen molar-refractivity contribution in [3.05, 3.63) is 47.0 Å². The number of rotatable bonds is 2. The van der Waals surface area contributed by atoms with Crippen LogP contribution in [0.1, 0.15) is 56.1 Å². The molecule has 0 radical (unpaired) electrons. The van der Waals surface area contributed by atoms with Crippen LogP contribution < -0.4 is 5.73 Å². The Kier molecular flexibility index (Phi) is 4.57. The second-order valence-electron chi connectivity index (χ2n) is 6.53. The topological polar surface area (TPSA) is 26.0 Å². The van der Waals surface area contributed by atoms with Gasteiger partial charge in [-0.15, -0.1) is 0 Å². The van der Waals surface area contributed by atoms with E-state index in [2.05, 4.69) is 30.3 Å². The van der Waals surface area contributed by atoms with E-state index in [0.717, 1.165) is 0 Å². The number of nitrogens with two attached hydrogens (primary N) is 1. The van der Waals surface area contributed by atoms with E-state index in [1.807, 2.05) is 0 Å². The summed E-state index contributed by atoms with van der Waals surface area (Å²) < 4.78 is 0. The molecule has 0 amide bonds. The smallest absolute Gasteiger partial charge is 0.0285 e. The lowest BCUT2D eigenvalue weighted by atomic mass is 9.77. The largest absolute Gasteiger partial charge is 0.324 e.